The van der Waals surface area contributed by atoms with Crippen LogP contribution in [0.3, 0.4) is 0 Å². The molecule has 2 amide bonds. The van der Waals surface area contributed by atoms with Crippen LogP contribution in [0.15, 0.2) is 42.5 Å². The summed E-state index contributed by atoms with van der Waals surface area (Å²) in [7, 11) is 0. The van der Waals surface area contributed by atoms with Crippen molar-refractivity contribution in [3.05, 3.63) is 53.6 Å². The van der Waals surface area contributed by atoms with Gasteiger partial charge in [0.15, 0.2) is 6.61 Å². The van der Waals surface area contributed by atoms with Gasteiger partial charge in [-0.25, -0.2) is 9.59 Å². The number of carboxylic acid groups (broad SMARTS) is 1. The van der Waals surface area contributed by atoms with Crippen molar-refractivity contribution in [2.75, 3.05) is 63.4 Å². The monoisotopic (exact) mass is 777 g/mol. The topological polar surface area (TPSA) is 214 Å². The Morgan fingerprint density at radius 1 is 0.909 bits per heavy atom. The summed E-state index contributed by atoms with van der Waals surface area (Å²) in [6, 6.07) is 9.33. The maximum absolute atomic E-state index is 13.4. The average molecular weight is 778 g/mol. The molecule has 0 unspecified atom stereocenters. The number of benzene rings is 2. The Morgan fingerprint density at radius 2 is 1.56 bits per heavy atom. The number of amides is 2. The highest BCUT2D eigenvalue weighted by Crippen LogP contribution is 2.48. The molecule has 55 heavy (non-hydrogen) atoms. The van der Waals surface area contributed by atoms with Crippen LogP contribution in [0.4, 0.5) is 35.5 Å². The third kappa shape index (κ3) is 12.7. The lowest BCUT2D eigenvalue weighted by molar-refractivity contribution is -0.154. The van der Waals surface area contributed by atoms with Crippen LogP contribution in [0.2, 0.25) is 0 Å². The van der Waals surface area contributed by atoms with Crippen LogP contribution in [0.25, 0.3) is 0 Å². The number of hydrogen-bond acceptors (Lipinski definition) is 14. The number of fused-ring (bicyclic) bond motifs is 11. The highest BCUT2D eigenvalue weighted by Gasteiger charge is 2.45. The van der Waals surface area contributed by atoms with E-state index in [9.17, 15) is 32.7 Å². The van der Waals surface area contributed by atoms with Crippen LogP contribution in [0.5, 0.6) is 17.5 Å². The maximum Gasteiger partial charge on any atom is 0.422 e. The smallest absolute Gasteiger partial charge is 0.422 e. The number of alkyl carbamates (subject to hydrolysis) is 1. The van der Waals surface area contributed by atoms with Crippen molar-refractivity contribution in [3.8, 4) is 17.5 Å². The van der Waals surface area contributed by atoms with Gasteiger partial charge in [-0.15, -0.1) is 0 Å². The highest BCUT2D eigenvalue weighted by atomic mass is 19.4. The predicted molar refractivity (Wildman–Crippen MR) is 188 cm³/mol. The van der Waals surface area contributed by atoms with Crippen molar-refractivity contribution in [1.82, 2.24) is 25.6 Å². The minimum absolute atomic E-state index is 0.0247. The molecule has 20 heteroatoms. The zero-order chi connectivity index (χ0) is 39.6. The molecule has 5 N–H and O–H groups in total. The molecule has 0 saturated heterocycles. The molecule has 17 nitrogen and oxygen atoms in total. The van der Waals surface area contributed by atoms with Gasteiger partial charge in [-0.2, -0.15) is 28.1 Å². The summed E-state index contributed by atoms with van der Waals surface area (Å²) in [6.45, 7) is 3.89. The SMILES string of the molecule is CC(C)(C)OC(=O)NC[C@H](NC(=O)c1ccc2cc1OCCOCCOCCOc1ccc(cc1)C1(CC1)Nc1nc(nc(OCC(F)(F)F)n1)N2)C(=O)O. The molecule has 3 aliphatic rings. The number of rotatable bonds is 7. The van der Waals surface area contributed by atoms with E-state index in [1.54, 1.807) is 32.9 Å². The number of halogens is 3. The first-order valence-electron chi connectivity index (χ1n) is 17.2. The van der Waals surface area contributed by atoms with E-state index in [4.69, 9.17) is 28.4 Å². The fourth-order valence-corrected chi connectivity index (χ4v) is 5.10. The minimum atomic E-state index is -4.67. The number of hydrogen-bond donors (Lipinski definition) is 5. The second-order valence-electron chi connectivity index (χ2n) is 13.4. The Bertz CT molecular complexity index is 1800. The molecule has 6 rings (SSSR count). The van der Waals surface area contributed by atoms with Crippen LogP contribution < -0.4 is 35.5 Å². The standard InChI is InChI=1S/C35H42F3N7O10/c1-33(2,3)55-32(49)39-19-25(28(47)48)41-27(46)24-9-6-22-18-26(24)53-17-15-51-13-12-50-14-16-52-23-7-4-21(5-8-23)34(10-11-34)45-30-42-29(40-22)43-31(44-30)54-20-35(36,37)38/h4-9,18,25H,10-17,19-20H2,1-3H3,(H,39,49)(H,41,46)(H,47,48)(H2,40,42,43,44,45)/t25-/m0/s1. The van der Waals surface area contributed by atoms with Gasteiger partial charge in [0, 0.05) is 11.8 Å². The molecular formula is C35H42F3N7O10. The molecule has 0 radical (unpaired) electrons. The lowest BCUT2D eigenvalue weighted by Crippen LogP contribution is -2.49. The van der Waals surface area contributed by atoms with Gasteiger partial charge in [-0.3, -0.25) is 4.79 Å². The summed E-state index contributed by atoms with van der Waals surface area (Å²) in [5, 5.41) is 20.6. The summed E-state index contributed by atoms with van der Waals surface area (Å²) in [5.74, 6) is -1.95. The normalized spacial score (nSPS) is 16.5. The number of anilines is 3. The first-order chi connectivity index (χ1) is 26.1. The number of carbonyl (C=O) groups is 3. The maximum atomic E-state index is 13.4. The molecule has 3 heterocycles. The number of alkyl halides is 3. The van der Waals surface area contributed by atoms with Gasteiger partial charge < -0.3 is 54.8 Å². The highest BCUT2D eigenvalue weighted by molar-refractivity contribution is 5.99. The number of nitrogens with one attached hydrogen (secondary N) is 4. The molecule has 1 aliphatic carbocycles. The largest absolute Gasteiger partial charge is 0.491 e. The Kier molecular flexibility index (Phi) is 13.0. The van der Waals surface area contributed by atoms with Crippen LogP contribution >= 0.6 is 0 Å². The van der Waals surface area contributed by atoms with Gasteiger partial charge in [0.1, 0.15) is 36.4 Å². The van der Waals surface area contributed by atoms with Crippen molar-refractivity contribution in [2.45, 2.75) is 57.0 Å². The molecule has 2 aliphatic heterocycles. The molecule has 1 aromatic heterocycles. The van der Waals surface area contributed by atoms with Gasteiger partial charge >= 0.3 is 24.2 Å². The molecule has 1 saturated carbocycles. The van der Waals surface area contributed by atoms with E-state index in [1.165, 1.54) is 18.2 Å². The number of carbonyl (C=O) groups excluding carboxylic acids is 2. The third-order valence-electron chi connectivity index (χ3n) is 7.78. The van der Waals surface area contributed by atoms with E-state index in [-0.39, 0.29) is 61.9 Å². The molecule has 3 aromatic rings. The van der Waals surface area contributed by atoms with Gasteiger partial charge in [0.05, 0.1) is 44.1 Å². The Morgan fingerprint density at radius 3 is 2.20 bits per heavy atom. The van der Waals surface area contributed by atoms with E-state index in [1.807, 2.05) is 12.1 Å². The summed E-state index contributed by atoms with van der Waals surface area (Å²) in [6.07, 6.45) is -4.18. The van der Waals surface area contributed by atoms with E-state index >= 15 is 0 Å². The van der Waals surface area contributed by atoms with Gasteiger partial charge in [-0.1, -0.05) is 12.1 Å². The van der Waals surface area contributed by atoms with Crippen molar-refractivity contribution < 1.29 is 61.1 Å². The minimum Gasteiger partial charge on any atom is -0.491 e. The average Bonchev–Trinajstić information content (AvgIpc) is 3.89. The second-order valence-corrected chi connectivity index (χ2v) is 13.4. The van der Waals surface area contributed by atoms with Crippen molar-refractivity contribution in [2.24, 2.45) is 0 Å². The number of aliphatic carboxylic acids is 1. The Hall–Kier alpha value is -5.63. The summed E-state index contributed by atoms with van der Waals surface area (Å²) in [4.78, 5) is 50.0. The Balaban J connectivity index is 1.42. The number of carboxylic acids is 1. The van der Waals surface area contributed by atoms with Crippen molar-refractivity contribution in [3.63, 3.8) is 0 Å². The van der Waals surface area contributed by atoms with E-state index in [0.717, 1.165) is 5.56 Å². The fraction of sp³-hybridized carbons (Fsp3) is 0.486. The van der Waals surface area contributed by atoms with Crippen LogP contribution in [0.1, 0.15) is 49.5 Å². The van der Waals surface area contributed by atoms with E-state index in [0.29, 0.717) is 25.2 Å². The second kappa shape index (κ2) is 17.7. The van der Waals surface area contributed by atoms with E-state index in [2.05, 4.69) is 36.2 Å². The van der Waals surface area contributed by atoms with E-state index < -0.39 is 60.5 Å². The summed E-state index contributed by atoms with van der Waals surface area (Å²) >= 11 is 0. The van der Waals surface area contributed by atoms with Gasteiger partial charge in [-0.05, 0) is 63.4 Å². The molecule has 1 spiro atoms. The summed E-state index contributed by atoms with van der Waals surface area (Å²) < 4.78 is 72.2. The molecular weight excluding hydrogens is 735 g/mol. The number of nitrogens with zero attached hydrogens (tertiary/aromatic N) is 3. The summed E-state index contributed by atoms with van der Waals surface area (Å²) in [5.41, 5.74) is -0.424. The zero-order valence-electron chi connectivity index (χ0n) is 30.3. The molecule has 1 atom stereocenters. The zero-order valence-corrected chi connectivity index (χ0v) is 30.3. The predicted octanol–water partition coefficient (Wildman–Crippen LogP) is 4.17. The number of aromatic nitrogens is 3. The quantitative estimate of drug-likeness (QED) is 0.213. The molecule has 298 valence electrons. The third-order valence-corrected chi connectivity index (χ3v) is 7.78. The molecule has 6 bridgehead atoms. The lowest BCUT2D eigenvalue weighted by atomic mass is 10.1. The van der Waals surface area contributed by atoms with Crippen LogP contribution in [-0.2, 0) is 24.5 Å². The Labute approximate surface area is 313 Å². The van der Waals surface area contributed by atoms with Crippen molar-refractivity contribution in [1.29, 1.82) is 0 Å². The van der Waals surface area contributed by atoms with Crippen LogP contribution in [0, 0.1) is 0 Å². The molecule has 1 fully saturated rings. The number of ether oxygens (including phenoxy) is 6. The van der Waals surface area contributed by atoms with Crippen molar-refractivity contribution >= 4 is 35.6 Å². The van der Waals surface area contributed by atoms with Gasteiger partial charge in [0.25, 0.3) is 5.91 Å². The first-order valence-corrected chi connectivity index (χ1v) is 17.2. The van der Waals surface area contributed by atoms with Gasteiger partial charge in [0.2, 0.25) is 11.9 Å². The fourth-order valence-electron chi connectivity index (χ4n) is 5.10. The first kappa shape index (κ1) is 40.6. The molecule has 2 aromatic carbocycles. The van der Waals surface area contributed by atoms with Crippen LogP contribution in [-0.4, -0.2) is 109 Å². The lowest BCUT2D eigenvalue weighted by Gasteiger charge is -2.21.